The third-order valence-electron chi connectivity index (χ3n) is 2.79. The van der Waals surface area contributed by atoms with Gasteiger partial charge in [0, 0.05) is 5.57 Å². The van der Waals surface area contributed by atoms with Gasteiger partial charge in [-0.2, -0.15) is 0 Å². The number of hydrogen-bond acceptors (Lipinski definition) is 2. The van der Waals surface area contributed by atoms with E-state index in [1.54, 1.807) is 0 Å². The van der Waals surface area contributed by atoms with Crippen LogP contribution in [0, 0.1) is 0 Å². The summed E-state index contributed by atoms with van der Waals surface area (Å²) in [7, 11) is 0. The van der Waals surface area contributed by atoms with Gasteiger partial charge in [0.2, 0.25) is 0 Å². The number of benzene rings is 1. The van der Waals surface area contributed by atoms with E-state index in [1.807, 2.05) is 44.2 Å². The standard InChI is InChI=1S/C13H14O2/c1-9-11(10-7-5-4-6-8-10)13(2,3)15-12(9)14/h4-8,11H,1H2,2-3H3/t11-/m1/s1. The van der Waals surface area contributed by atoms with Gasteiger partial charge in [0.15, 0.2) is 0 Å². The minimum absolute atomic E-state index is 0.0359. The van der Waals surface area contributed by atoms with Crippen molar-refractivity contribution in [3.8, 4) is 0 Å². The summed E-state index contributed by atoms with van der Waals surface area (Å²) in [5.74, 6) is -0.319. The smallest absolute Gasteiger partial charge is 0.334 e. The predicted octanol–water partition coefficient (Wildman–Crippen LogP) is 2.66. The van der Waals surface area contributed by atoms with Crippen molar-refractivity contribution in [3.63, 3.8) is 0 Å². The van der Waals surface area contributed by atoms with Crippen LogP contribution in [0.15, 0.2) is 42.5 Å². The molecule has 0 aliphatic carbocycles. The van der Waals surface area contributed by atoms with Crippen molar-refractivity contribution in [1.29, 1.82) is 0 Å². The Balaban J connectivity index is 2.45. The Kier molecular flexibility index (Phi) is 2.14. The molecule has 15 heavy (non-hydrogen) atoms. The Morgan fingerprint density at radius 3 is 2.33 bits per heavy atom. The number of cyclic esters (lactones) is 1. The van der Waals surface area contributed by atoms with Crippen LogP contribution in [-0.2, 0) is 9.53 Å². The van der Waals surface area contributed by atoms with Crippen LogP contribution < -0.4 is 0 Å². The summed E-state index contributed by atoms with van der Waals surface area (Å²) < 4.78 is 5.29. The highest BCUT2D eigenvalue weighted by molar-refractivity contribution is 5.93. The summed E-state index contributed by atoms with van der Waals surface area (Å²) in [6.07, 6.45) is 0. The highest BCUT2D eigenvalue weighted by atomic mass is 16.6. The second-order valence-electron chi connectivity index (χ2n) is 4.36. The van der Waals surface area contributed by atoms with Crippen molar-refractivity contribution in [1.82, 2.24) is 0 Å². The summed E-state index contributed by atoms with van der Waals surface area (Å²) in [5, 5.41) is 0. The molecule has 1 heterocycles. The summed E-state index contributed by atoms with van der Waals surface area (Å²) in [5.41, 5.74) is 1.14. The zero-order valence-electron chi connectivity index (χ0n) is 8.99. The van der Waals surface area contributed by atoms with E-state index in [0.29, 0.717) is 5.57 Å². The van der Waals surface area contributed by atoms with E-state index >= 15 is 0 Å². The van der Waals surface area contributed by atoms with Gasteiger partial charge >= 0.3 is 5.97 Å². The Morgan fingerprint density at radius 2 is 1.87 bits per heavy atom. The minimum Gasteiger partial charge on any atom is -0.455 e. The van der Waals surface area contributed by atoms with Gasteiger partial charge in [-0.15, -0.1) is 0 Å². The molecule has 2 rings (SSSR count). The Morgan fingerprint density at radius 1 is 1.27 bits per heavy atom. The van der Waals surface area contributed by atoms with Gasteiger partial charge in [0.25, 0.3) is 0 Å². The molecule has 1 saturated heterocycles. The van der Waals surface area contributed by atoms with Crippen LogP contribution in [0.1, 0.15) is 25.3 Å². The molecule has 1 aliphatic heterocycles. The highest BCUT2D eigenvalue weighted by Crippen LogP contribution is 2.42. The average molecular weight is 202 g/mol. The second kappa shape index (κ2) is 3.23. The number of rotatable bonds is 1. The molecule has 1 atom stereocenters. The molecule has 1 aliphatic rings. The van der Waals surface area contributed by atoms with Crippen LogP contribution in [-0.4, -0.2) is 11.6 Å². The largest absolute Gasteiger partial charge is 0.455 e. The first-order valence-corrected chi connectivity index (χ1v) is 4.99. The maximum absolute atomic E-state index is 11.5. The van der Waals surface area contributed by atoms with Crippen molar-refractivity contribution < 1.29 is 9.53 Å². The first-order chi connectivity index (χ1) is 7.02. The first kappa shape index (κ1) is 9.97. The number of esters is 1. The fourth-order valence-electron chi connectivity index (χ4n) is 2.15. The molecule has 0 unspecified atom stereocenters. The molecule has 0 amide bonds. The molecule has 1 aromatic carbocycles. The van der Waals surface area contributed by atoms with Crippen molar-refractivity contribution in [2.45, 2.75) is 25.4 Å². The molecule has 1 aromatic rings. The molecule has 2 heteroatoms. The lowest BCUT2D eigenvalue weighted by Gasteiger charge is -2.24. The van der Waals surface area contributed by atoms with E-state index in [9.17, 15) is 4.79 Å². The van der Waals surface area contributed by atoms with E-state index in [2.05, 4.69) is 6.58 Å². The van der Waals surface area contributed by atoms with E-state index in [1.165, 1.54) is 0 Å². The first-order valence-electron chi connectivity index (χ1n) is 4.99. The molecule has 0 spiro atoms. The molecule has 0 bridgehead atoms. The second-order valence-corrected chi connectivity index (χ2v) is 4.36. The Hall–Kier alpha value is -1.57. The van der Waals surface area contributed by atoms with Crippen LogP contribution >= 0.6 is 0 Å². The molecular formula is C13H14O2. The van der Waals surface area contributed by atoms with Crippen molar-refractivity contribution in [3.05, 3.63) is 48.0 Å². The maximum Gasteiger partial charge on any atom is 0.334 e. The molecule has 0 saturated carbocycles. The monoisotopic (exact) mass is 202 g/mol. The van der Waals surface area contributed by atoms with Gasteiger partial charge < -0.3 is 4.74 Å². The maximum atomic E-state index is 11.5. The predicted molar refractivity (Wildman–Crippen MR) is 58.5 cm³/mol. The van der Waals surface area contributed by atoms with E-state index in [4.69, 9.17) is 4.74 Å². The normalized spacial score (nSPS) is 24.0. The molecule has 78 valence electrons. The molecule has 0 N–H and O–H groups in total. The molecule has 1 fully saturated rings. The lowest BCUT2D eigenvalue weighted by molar-refractivity contribution is -0.144. The topological polar surface area (TPSA) is 26.3 Å². The number of carbonyl (C=O) groups excluding carboxylic acids is 1. The van der Waals surface area contributed by atoms with Gasteiger partial charge in [-0.05, 0) is 19.4 Å². The molecular weight excluding hydrogens is 188 g/mol. The van der Waals surface area contributed by atoms with Gasteiger partial charge in [-0.25, -0.2) is 4.79 Å². The summed E-state index contributed by atoms with van der Waals surface area (Å²) in [6.45, 7) is 7.65. The zero-order valence-corrected chi connectivity index (χ0v) is 8.99. The van der Waals surface area contributed by atoms with Crippen LogP contribution in [0.2, 0.25) is 0 Å². The van der Waals surface area contributed by atoms with Gasteiger partial charge in [0.05, 0.1) is 5.92 Å². The van der Waals surface area contributed by atoms with Crippen LogP contribution in [0.3, 0.4) is 0 Å². The van der Waals surface area contributed by atoms with Crippen molar-refractivity contribution in [2.24, 2.45) is 0 Å². The third kappa shape index (κ3) is 1.56. The fraction of sp³-hybridized carbons (Fsp3) is 0.308. The Bertz CT molecular complexity index is 404. The van der Waals surface area contributed by atoms with Gasteiger partial charge in [-0.3, -0.25) is 0 Å². The molecule has 0 radical (unpaired) electrons. The Labute approximate surface area is 89.6 Å². The van der Waals surface area contributed by atoms with E-state index < -0.39 is 5.60 Å². The minimum atomic E-state index is -0.491. The number of carbonyl (C=O) groups is 1. The van der Waals surface area contributed by atoms with E-state index in [-0.39, 0.29) is 11.9 Å². The zero-order chi connectivity index (χ0) is 11.1. The van der Waals surface area contributed by atoms with Crippen molar-refractivity contribution >= 4 is 5.97 Å². The fourth-order valence-corrected chi connectivity index (χ4v) is 2.15. The average Bonchev–Trinajstić information content (AvgIpc) is 2.37. The highest BCUT2D eigenvalue weighted by Gasteiger charge is 2.45. The summed E-state index contributed by atoms with van der Waals surface area (Å²) >= 11 is 0. The molecule has 2 nitrogen and oxygen atoms in total. The lowest BCUT2D eigenvalue weighted by atomic mass is 9.82. The number of hydrogen-bond donors (Lipinski definition) is 0. The lowest BCUT2D eigenvalue weighted by Crippen LogP contribution is -2.26. The van der Waals surface area contributed by atoms with Crippen LogP contribution in [0.4, 0.5) is 0 Å². The third-order valence-corrected chi connectivity index (χ3v) is 2.79. The summed E-state index contributed by atoms with van der Waals surface area (Å²) in [6, 6.07) is 9.87. The van der Waals surface area contributed by atoms with Gasteiger partial charge in [-0.1, -0.05) is 36.9 Å². The van der Waals surface area contributed by atoms with Gasteiger partial charge in [0.1, 0.15) is 5.60 Å². The summed E-state index contributed by atoms with van der Waals surface area (Å²) in [4.78, 5) is 11.5. The van der Waals surface area contributed by atoms with Crippen molar-refractivity contribution in [2.75, 3.05) is 0 Å². The van der Waals surface area contributed by atoms with Crippen LogP contribution in [0.25, 0.3) is 0 Å². The van der Waals surface area contributed by atoms with Crippen LogP contribution in [0.5, 0.6) is 0 Å². The number of ether oxygens (including phenoxy) is 1. The quantitative estimate of drug-likeness (QED) is 0.517. The van der Waals surface area contributed by atoms with E-state index in [0.717, 1.165) is 5.56 Å². The molecule has 0 aromatic heterocycles. The SMILES string of the molecule is C=C1C(=O)OC(C)(C)[C@H]1c1ccccc1.